The van der Waals surface area contributed by atoms with Crippen LogP contribution in [0.3, 0.4) is 0 Å². The number of aromatic nitrogens is 1. The molecule has 6 nitrogen and oxygen atoms in total. The maximum Gasteiger partial charge on any atom is 0.247 e. The van der Waals surface area contributed by atoms with Crippen LogP contribution in [0.4, 0.5) is 5.69 Å². The number of carbonyl (C=O) groups is 2. The number of hydrogen-bond acceptors (Lipinski definition) is 5. The van der Waals surface area contributed by atoms with Gasteiger partial charge in [0.1, 0.15) is 11.6 Å². The lowest BCUT2D eigenvalue weighted by atomic mass is 10.1. The van der Waals surface area contributed by atoms with E-state index in [1.807, 2.05) is 56.3 Å². The van der Waals surface area contributed by atoms with E-state index in [2.05, 4.69) is 10.3 Å². The molecule has 1 N–H and O–H groups in total. The average Bonchev–Trinajstić information content (AvgIpc) is 3.15. The lowest BCUT2D eigenvalue weighted by Gasteiger charge is -2.21. The molecule has 0 aliphatic carbocycles. The Kier molecular flexibility index (Phi) is 7.32. The van der Waals surface area contributed by atoms with Gasteiger partial charge in [-0.05, 0) is 49.2 Å². The van der Waals surface area contributed by atoms with Gasteiger partial charge in [0.25, 0.3) is 0 Å². The zero-order valence-corrected chi connectivity index (χ0v) is 18.2. The van der Waals surface area contributed by atoms with Crippen LogP contribution in [-0.4, -0.2) is 48.5 Å². The highest BCUT2D eigenvalue weighted by molar-refractivity contribution is 7.19. The fourth-order valence-electron chi connectivity index (χ4n) is 2.93. The largest absolute Gasteiger partial charge is 0.383 e. The van der Waals surface area contributed by atoms with Crippen molar-refractivity contribution in [3.05, 3.63) is 64.7 Å². The second-order valence-corrected chi connectivity index (χ2v) is 7.96. The summed E-state index contributed by atoms with van der Waals surface area (Å²) in [6.45, 7) is 4.56. The van der Waals surface area contributed by atoms with E-state index in [4.69, 9.17) is 4.74 Å². The Morgan fingerprint density at radius 2 is 1.97 bits per heavy atom. The molecule has 0 saturated heterocycles. The minimum absolute atomic E-state index is 0.0558. The molecule has 0 radical (unpaired) electrons. The molecule has 0 aliphatic heterocycles. The van der Waals surface area contributed by atoms with Gasteiger partial charge in [-0.1, -0.05) is 24.3 Å². The van der Waals surface area contributed by atoms with Crippen LogP contribution in [-0.2, 0) is 14.3 Å². The number of fused-ring (bicyclic) bond motifs is 1. The molecule has 0 unspecified atom stereocenters. The van der Waals surface area contributed by atoms with E-state index >= 15 is 0 Å². The van der Waals surface area contributed by atoms with Crippen molar-refractivity contribution in [2.45, 2.75) is 13.8 Å². The summed E-state index contributed by atoms with van der Waals surface area (Å²) in [5, 5.41) is 3.64. The van der Waals surface area contributed by atoms with Gasteiger partial charge in [-0.25, -0.2) is 4.98 Å². The Morgan fingerprint density at radius 3 is 2.73 bits per heavy atom. The summed E-state index contributed by atoms with van der Waals surface area (Å²) in [6, 6.07) is 13.6. The number of nitrogens with one attached hydrogen (secondary N) is 1. The zero-order valence-electron chi connectivity index (χ0n) is 17.3. The SMILES string of the molecule is COCCN(CC(=O)Nc1cccc(C)c1C)C(=O)C=Cc1nc2ccccc2s1. The van der Waals surface area contributed by atoms with E-state index in [0.717, 1.165) is 32.0 Å². The van der Waals surface area contributed by atoms with Gasteiger partial charge in [-0.3, -0.25) is 9.59 Å². The third kappa shape index (κ3) is 5.52. The Bertz CT molecular complexity index is 1040. The summed E-state index contributed by atoms with van der Waals surface area (Å²) >= 11 is 1.51. The first-order valence-corrected chi connectivity index (χ1v) is 10.5. The number of nitrogens with zero attached hydrogens (tertiary/aromatic N) is 2. The van der Waals surface area contributed by atoms with Crippen molar-refractivity contribution in [3.63, 3.8) is 0 Å². The highest BCUT2D eigenvalue weighted by Gasteiger charge is 2.16. The van der Waals surface area contributed by atoms with Gasteiger partial charge in [0.15, 0.2) is 0 Å². The summed E-state index contributed by atoms with van der Waals surface area (Å²) < 4.78 is 6.16. The number of hydrogen-bond donors (Lipinski definition) is 1. The number of benzene rings is 2. The molecule has 156 valence electrons. The average molecular weight is 424 g/mol. The molecule has 3 rings (SSSR count). The number of amides is 2. The monoisotopic (exact) mass is 423 g/mol. The number of thiazole rings is 1. The molecule has 2 aromatic carbocycles. The van der Waals surface area contributed by atoms with E-state index < -0.39 is 0 Å². The number of carbonyl (C=O) groups excluding carboxylic acids is 2. The first kappa shape index (κ1) is 21.7. The van der Waals surface area contributed by atoms with E-state index in [0.29, 0.717) is 13.2 Å². The normalized spacial score (nSPS) is 11.2. The minimum Gasteiger partial charge on any atom is -0.383 e. The molecular formula is C23H25N3O3S. The molecule has 30 heavy (non-hydrogen) atoms. The Labute approximate surface area is 180 Å². The minimum atomic E-state index is -0.262. The van der Waals surface area contributed by atoms with Gasteiger partial charge in [0.2, 0.25) is 11.8 Å². The van der Waals surface area contributed by atoms with Gasteiger partial charge in [0.05, 0.1) is 16.8 Å². The molecule has 0 fully saturated rings. The predicted molar refractivity (Wildman–Crippen MR) is 122 cm³/mol. The third-order valence-electron chi connectivity index (χ3n) is 4.77. The number of anilines is 1. The Hall–Kier alpha value is -3.03. The molecule has 0 spiro atoms. The quantitative estimate of drug-likeness (QED) is 0.555. The second kappa shape index (κ2) is 10.1. The maximum absolute atomic E-state index is 12.7. The van der Waals surface area contributed by atoms with Crippen molar-refractivity contribution in [1.29, 1.82) is 0 Å². The van der Waals surface area contributed by atoms with Crippen molar-refractivity contribution in [2.24, 2.45) is 0 Å². The molecule has 0 bridgehead atoms. The standard InChI is InChI=1S/C23H25N3O3S/c1-16-7-6-9-18(17(16)2)24-21(27)15-26(13-14-29-3)23(28)12-11-22-25-19-8-4-5-10-20(19)30-22/h4-12H,13-15H2,1-3H3,(H,24,27). The Morgan fingerprint density at radius 1 is 1.17 bits per heavy atom. The fraction of sp³-hybridized carbons (Fsp3) is 0.261. The molecule has 1 aromatic heterocycles. The summed E-state index contributed by atoms with van der Waals surface area (Å²) in [5.74, 6) is -0.510. The van der Waals surface area contributed by atoms with Crippen LogP contribution in [0.5, 0.6) is 0 Å². The van der Waals surface area contributed by atoms with Gasteiger partial charge >= 0.3 is 0 Å². The van der Waals surface area contributed by atoms with Gasteiger partial charge < -0.3 is 15.0 Å². The molecule has 3 aromatic rings. The van der Waals surface area contributed by atoms with Gasteiger partial charge in [-0.15, -0.1) is 11.3 Å². The van der Waals surface area contributed by atoms with Crippen LogP contribution in [0.1, 0.15) is 16.1 Å². The van der Waals surface area contributed by atoms with Crippen molar-refractivity contribution in [1.82, 2.24) is 9.88 Å². The maximum atomic E-state index is 12.7. The number of rotatable bonds is 8. The smallest absolute Gasteiger partial charge is 0.247 e. The number of ether oxygens (including phenoxy) is 1. The van der Waals surface area contributed by atoms with Crippen LogP contribution in [0.25, 0.3) is 16.3 Å². The van der Waals surface area contributed by atoms with Crippen LogP contribution in [0.2, 0.25) is 0 Å². The van der Waals surface area contributed by atoms with E-state index in [1.54, 1.807) is 13.2 Å². The predicted octanol–water partition coefficient (Wildman–Crippen LogP) is 4.04. The van der Waals surface area contributed by atoms with Crippen LogP contribution in [0.15, 0.2) is 48.5 Å². The van der Waals surface area contributed by atoms with Crippen molar-refractivity contribution in [3.8, 4) is 0 Å². The zero-order chi connectivity index (χ0) is 21.5. The fourth-order valence-corrected chi connectivity index (χ4v) is 3.80. The second-order valence-electron chi connectivity index (χ2n) is 6.90. The Balaban J connectivity index is 1.68. The number of methoxy groups -OCH3 is 1. The number of aryl methyl sites for hydroxylation is 1. The van der Waals surface area contributed by atoms with Crippen LogP contribution in [0, 0.1) is 13.8 Å². The summed E-state index contributed by atoms with van der Waals surface area (Å²) in [7, 11) is 1.57. The molecule has 0 aliphatic rings. The summed E-state index contributed by atoms with van der Waals surface area (Å²) in [6.07, 6.45) is 3.15. The molecule has 0 saturated carbocycles. The first-order chi connectivity index (χ1) is 14.5. The first-order valence-electron chi connectivity index (χ1n) is 9.65. The number of para-hydroxylation sites is 1. The molecule has 2 amide bonds. The molecule has 7 heteroatoms. The van der Waals surface area contributed by atoms with Crippen LogP contribution < -0.4 is 5.32 Å². The van der Waals surface area contributed by atoms with Gasteiger partial charge in [-0.2, -0.15) is 0 Å². The lowest BCUT2D eigenvalue weighted by molar-refractivity contribution is -0.131. The van der Waals surface area contributed by atoms with Crippen molar-refractivity contribution < 1.29 is 14.3 Å². The summed E-state index contributed by atoms with van der Waals surface area (Å²) in [4.78, 5) is 31.3. The van der Waals surface area contributed by atoms with Gasteiger partial charge in [0, 0.05) is 25.4 Å². The highest BCUT2D eigenvalue weighted by atomic mass is 32.1. The topological polar surface area (TPSA) is 71.5 Å². The van der Waals surface area contributed by atoms with E-state index in [9.17, 15) is 9.59 Å². The summed E-state index contributed by atoms with van der Waals surface area (Å²) in [5.41, 5.74) is 3.76. The molecule has 1 heterocycles. The van der Waals surface area contributed by atoms with Crippen molar-refractivity contribution >= 4 is 45.1 Å². The van der Waals surface area contributed by atoms with Crippen LogP contribution >= 0.6 is 11.3 Å². The lowest BCUT2D eigenvalue weighted by Crippen LogP contribution is -2.39. The van der Waals surface area contributed by atoms with E-state index in [1.165, 1.54) is 22.3 Å². The van der Waals surface area contributed by atoms with E-state index in [-0.39, 0.29) is 18.4 Å². The van der Waals surface area contributed by atoms with Crippen molar-refractivity contribution in [2.75, 3.05) is 32.1 Å². The molecular weight excluding hydrogens is 398 g/mol. The highest BCUT2D eigenvalue weighted by Crippen LogP contribution is 2.22. The third-order valence-corrected chi connectivity index (χ3v) is 5.77. The molecule has 0 atom stereocenters.